The van der Waals surface area contributed by atoms with Gasteiger partial charge >= 0.3 is 6.18 Å². The quantitative estimate of drug-likeness (QED) is 0.120. The molecule has 0 bridgehead atoms. The average Bonchev–Trinajstić information content (AvgIpc) is 3.25. The molecule has 0 N–H and O–H groups in total. The number of para-hydroxylation sites is 1. The Morgan fingerprint density at radius 1 is 0.596 bits per heavy atom. The minimum atomic E-state index is -4.46. The van der Waals surface area contributed by atoms with Gasteiger partial charge in [-0.1, -0.05) is 103 Å². The summed E-state index contributed by atoms with van der Waals surface area (Å²) in [5.74, 6) is -0.518. The number of hydrogen-bond donors (Lipinski definition) is 0. The summed E-state index contributed by atoms with van der Waals surface area (Å²) in [5, 5.41) is 0. The van der Waals surface area contributed by atoms with Crippen molar-refractivity contribution in [3.8, 4) is 0 Å². The van der Waals surface area contributed by atoms with E-state index in [-0.39, 0.29) is 12.5 Å². The van der Waals surface area contributed by atoms with Crippen LogP contribution in [0.2, 0.25) is 0 Å². The number of nitrogens with zero attached hydrogens (tertiary/aromatic N) is 5. The summed E-state index contributed by atoms with van der Waals surface area (Å²) in [6, 6.07) is 42.5. The van der Waals surface area contributed by atoms with E-state index in [1.54, 1.807) is 4.90 Å². The molecule has 0 saturated carbocycles. The van der Waals surface area contributed by atoms with Gasteiger partial charge in [-0.15, -0.1) is 0 Å². The van der Waals surface area contributed by atoms with Crippen LogP contribution in [0.15, 0.2) is 146 Å². The summed E-state index contributed by atoms with van der Waals surface area (Å²) < 4.78 is 39.8. The first-order valence-electron chi connectivity index (χ1n) is 19.6. The average molecular weight is 772 g/mol. The lowest BCUT2D eigenvalue weighted by Crippen LogP contribution is -2.56. The van der Waals surface area contributed by atoms with Crippen LogP contribution in [0, 0.1) is 0 Å². The number of halogens is 3. The van der Waals surface area contributed by atoms with E-state index in [4.69, 9.17) is 0 Å². The molecular weight excluding hydrogens is 724 g/mol. The van der Waals surface area contributed by atoms with E-state index in [0.29, 0.717) is 38.2 Å². The lowest BCUT2D eigenvalue weighted by Gasteiger charge is -2.39. The van der Waals surface area contributed by atoms with Gasteiger partial charge in [-0.3, -0.25) is 14.5 Å². The van der Waals surface area contributed by atoms with E-state index in [1.807, 2.05) is 71.6 Å². The molecule has 0 spiro atoms. The Kier molecular flexibility index (Phi) is 12.7. The molecule has 2 heterocycles. The van der Waals surface area contributed by atoms with E-state index in [2.05, 4.69) is 63.2 Å². The maximum absolute atomic E-state index is 14.7. The van der Waals surface area contributed by atoms with Crippen molar-refractivity contribution in [2.75, 3.05) is 62.2 Å². The highest BCUT2D eigenvalue weighted by Gasteiger charge is 2.34. The van der Waals surface area contributed by atoms with Crippen LogP contribution < -0.4 is 9.80 Å². The first-order valence-corrected chi connectivity index (χ1v) is 19.6. The van der Waals surface area contributed by atoms with Crippen LogP contribution in [0.25, 0.3) is 6.08 Å². The molecule has 7 nitrogen and oxygen atoms in total. The third-order valence-corrected chi connectivity index (χ3v) is 10.9. The highest BCUT2D eigenvalue weighted by Crippen LogP contribution is 2.29. The van der Waals surface area contributed by atoms with Crippen LogP contribution in [0.3, 0.4) is 0 Å². The third kappa shape index (κ3) is 10.5. The predicted molar refractivity (Wildman–Crippen MR) is 221 cm³/mol. The molecule has 2 aliphatic heterocycles. The molecule has 0 unspecified atom stereocenters. The van der Waals surface area contributed by atoms with E-state index in [1.165, 1.54) is 35.5 Å². The molecule has 294 valence electrons. The van der Waals surface area contributed by atoms with Crippen LogP contribution in [0.4, 0.5) is 24.5 Å². The fourth-order valence-electron chi connectivity index (χ4n) is 7.61. The fraction of sp³-hybridized carbons (Fsp3) is 0.277. The molecule has 0 radical (unpaired) electrons. The number of carbonyl (C=O) groups is 2. The van der Waals surface area contributed by atoms with Gasteiger partial charge in [0.15, 0.2) is 0 Å². The number of hydrogen-bond acceptors (Lipinski definition) is 5. The number of rotatable bonds is 12. The highest BCUT2D eigenvalue weighted by atomic mass is 19.4. The lowest BCUT2D eigenvalue weighted by molar-refractivity contribution is -0.145. The molecule has 2 aliphatic rings. The van der Waals surface area contributed by atoms with Crippen LogP contribution in [-0.2, 0) is 35.3 Å². The molecular formula is C47H48F3N5O2. The van der Waals surface area contributed by atoms with Crippen LogP contribution >= 0.6 is 0 Å². The maximum atomic E-state index is 14.7. The summed E-state index contributed by atoms with van der Waals surface area (Å²) in [6.45, 7) is 7.03. The van der Waals surface area contributed by atoms with E-state index in [0.717, 1.165) is 61.7 Å². The number of benzene rings is 5. The van der Waals surface area contributed by atoms with Crippen LogP contribution in [0.1, 0.15) is 27.8 Å². The van der Waals surface area contributed by atoms with Gasteiger partial charge in [-0.2, -0.15) is 13.2 Å². The van der Waals surface area contributed by atoms with Crippen molar-refractivity contribution in [3.63, 3.8) is 0 Å². The lowest BCUT2D eigenvalue weighted by atomic mass is 10.0. The minimum Gasteiger partial charge on any atom is -0.368 e. The van der Waals surface area contributed by atoms with E-state index in [9.17, 15) is 22.8 Å². The van der Waals surface area contributed by atoms with Gasteiger partial charge in [-0.05, 0) is 64.7 Å². The summed E-state index contributed by atoms with van der Waals surface area (Å²) in [7, 11) is 0. The standard InChI is InChI=1S/C47H48F3N5O2/c48-47(49,50)41-21-16-37(17-22-41)20-25-45(56)55(36-40-18-23-43(24-19-40)53-32-30-52(31-33-53)42-14-8-3-9-15-42)44(34-38-10-4-1-5-11-38)46(57)54-28-26-51(27-29-54)35-39-12-6-2-7-13-39/h1-25,44H,26-36H2/t44-/m0/s1. The number of anilines is 2. The number of amides is 2. The molecule has 10 heteroatoms. The second-order valence-electron chi connectivity index (χ2n) is 14.7. The van der Waals surface area contributed by atoms with Gasteiger partial charge in [0.25, 0.3) is 0 Å². The molecule has 0 aliphatic carbocycles. The first kappa shape index (κ1) is 39.4. The molecule has 2 saturated heterocycles. The van der Waals surface area contributed by atoms with E-state index < -0.39 is 23.7 Å². The maximum Gasteiger partial charge on any atom is 0.416 e. The predicted octanol–water partition coefficient (Wildman–Crippen LogP) is 8.03. The zero-order valence-corrected chi connectivity index (χ0v) is 32.0. The number of carbonyl (C=O) groups excluding carboxylic acids is 2. The van der Waals surface area contributed by atoms with Crippen molar-refractivity contribution >= 4 is 29.3 Å². The molecule has 0 aromatic heterocycles. The molecule has 7 rings (SSSR count). The molecule has 5 aromatic rings. The highest BCUT2D eigenvalue weighted by molar-refractivity contribution is 5.95. The summed E-state index contributed by atoms with van der Waals surface area (Å²) in [6.07, 6.45) is -1.27. The SMILES string of the molecule is O=C([C@H](Cc1ccccc1)N(Cc1ccc(N2CCN(c3ccccc3)CC2)cc1)C(=O)C=Cc1ccc(C(F)(F)F)cc1)N1CCN(Cc2ccccc2)CC1. The van der Waals surface area contributed by atoms with Gasteiger partial charge in [0.05, 0.1) is 5.56 Å². The topological polar surface area (TPSA) is 50.3 Å². The van der Waals surface area contributed by atoms with Crippen molar-refractivity contribution in [1.82, 2.24) is 14.7 Å². The molecule has 1 atom stereocenters. The Morgan fingerprint density at radius 2 is 1.12 bits per heavy atom. The Balaban J connectivity index is 1.12. The Hall–Kier alpha value is -5.87. The van der Waals surface area contributed by atoms with Crippen LogP contribution in [0.5, 0.6) is 0 Å². The first-order chi connectivity index (χ1) is 27.7. The molecule has 2 fully saturated rings. The smallest absolute Gasteiger partial charge is 0.368 e. The van der Waals surface area contributed by atoms with Crippen molar-refractivity contribution in [3.05, 3.63) is 173 Å². The van der Waals surface area contributed by atoms with Gasteiger partial charge in [0.2, 0.25) is 11.8 Å². The Morgan fingerprint density at radius 3 is 1.68 bits per heavy atom. The Labute approximate surface area is 333 Å². The fourth-order valence-corrected chi connectivity index (χ4v) is 7.61. The summed E-state index contributed by atoms with van der Waals surface area (Å²) in [4.78, 5) is 39.6. The molecule has 2 amide bonds. The second kappa shape index (κ2) is 18.4. The minimum absolute atomic E-state index is 0.123. The van der Waals surface area contributed by atoms with Gasteiger partial charge in [0, 0.05) is 89.3 Å². The zero-order chi connectivity index (χ0) is 39.6. The van der Waals surface area contributed by atoms with Crippen molar-refractivity contribution in [1.29, 1.82) is 0 Å². The van der Waals surface area contributed by atoms with Gasteiger partial charge in [-0.25, -0.2) is 0 Å². The van der Waals surface area contributed by atoms with Crippen molar-refractivity contribution < 1.29 is 22.8 Å². The number of alkyl halides is 3. The van der Waals surface area contributed by atoms with Crippen molar-refractivity contribution in [2.45, 2.75) is 31.7 Å². The molecule has 57 heavy (non-hydrogen) atoms. The largest absolute Gasteiger partial charge is 0.416 e. The molecule has 5 aromatic carbocycles. The second-order valence-corrected chi connectivity index (χ2v) is 14.7. The summed E-state index contributed by atoms with van der Waals surface area (Å²) in [5.41, 5.74) is 5.02. The Bertz CT molecular complexity index is 2060. The monoisotopic (exact) mass is 771 g/mol. The summed E-state index contributed by atoms with van der Waals surface area (Å²) >= 11 is 0. The van der Waals surface area contributed by atoms with Gasteiger partial charge in [0.1, 0.15) is 6.04 Å². The van der Waals surface area contributed by atoms with Gasteiger partial charge < -0.3 is 19.6 Å². The van der Waals surface area contributed by atoms with Crippen LogP contribution in [-0.4, -0.2) is 84.9 Å². The normalized spacial score (nSPS) is 15.8. The number of piperazine rings is 2. The third-order valence-electron chi connectivity index (χ3n) is 10.9. The van der Waals surface area contributed by atoms with Crippen molar-refractivity contribution in [2.24, 2.45) is 0 Å². The zero-order valence-electron chi connectivity index (χ0n) is 32.0. The van der Waals surface area contributed by atoms with E-state index >= 15 is 0 Å².